The van der Waals surface area contributed by atoms with Crippen LogP contribution in [0.25, 0.3) is 34.0 Å². The van der Waals surface area contributed by atoms with Crippen LogP contribution in [0.4, 0.5) is 0 Å². The first-order valence-electron chi connectivity index (χ1n) is 8.83. The lowest BCUT2D eigenvalue weighted by Gasteiger charge is -2.06. The molecule has 0 saturated carbocycles. The summed E-state index contributed by atoms with van der Waals surface area (Å²) >= 11 is 0. The highest BCUT2D eigenvalue weighted by Crippen LogP contribution is 2.27. The van der Waals surface area contributed by atoms with Gasteiger partial charge < -0.3 is 4.57 Å². The van der Waals surface area contributed by atoms with E-state index in [-0.39, 0.29) is 5.56 Å². The number of aryl methyl sites for hydroxylation is 1. The highest BCUT2D eigenvalue weighted by atomic mass is 16.1. The molecule has 0 bridgehead atoms. The molecule has 0 radical (unpaired) electrons. The molecule has 0 saturated heterocycles. The Hall–Kier alpha value is -3.14. The van der Waals surface area contributed by atoms with Crippen LogP contribution in [0.3, 0.4) is 0 Å². The van der Waals surface area contributed by atoms with E-state index in [0.717, 1.165) is 12.1 Å². The van der Waals surface area contributed by atoms with E-state index < -0.39 is 0 Å². The topological polar surface area (TPSA) is 39.8 Å². The summed E-state index contributed by atoms with van der Waals surface area (Å²) in [6.45, 7) is 5.21. The second kappa shape index (κ2) is 6.30. The summed E-state index contributed by atoms with van der Waals surface area (Å²) in [6.07, 6.45) is 4.00. The molecule has 26 heavy (non-hydrogen) atoms. The van der Waals surface area contributed by atoms with Gasteiger partial charge in [0.1, 0.15) is 5.82 Å². The van der Waals surface area contributed by atoms with E-state index in [2.05, 4.69) is 53.7 Å². The van der Waals surface area contributed by atoms with Gasteiger partial charge in [-0.05, 0) is 44.2 Å². The third-order valence-electron chi connectivity index (χ3n) is 5.01. The molecule has 4 rings (SSSR count). The van der Waals surface area contributed by atoms with Gasteiger partial charge in [-0.15, -0.1) is 0 Å². The zero-order valence-electron chi connectivity index (χ0n) is 15.2. The van der Waals surface area contributed by atoms with Gasteiger partial charge >= 0.3 is 0 Å². The summed E-state index contributed by atoms with van der Waals surface area (Å²) in [5, 5.41) is 1.86. The number of hydrogen-bond donors (Lipinski definition) is 0. The molecule has 0 aliphatic carbocycles. The first-order valence-corrected chi connectivity index (χ1v) is 8.83. The number of aromatic nitrogens is 3. The lowest BCUT2D eigenvalue weighted by atomic mass is 10.1. The second-order valence-corrected chi connectivity index (χ2v) is 6.45. The fraction of sp³-hybridized carbons (Fsp3) is 0.182. The van der Waals surface area contributed by atoms with E-state index in [9.17, 15) is 4.79 Å². The van der Waals surface area contributed by atoms with Crippen molar-refractivity contribution in [2.24, 2.45) is 7.05 Å². The minimum absolute atomic E-state index is 0.0250. The van der Waals surface area contributed by atoms with Gasteiger partial charge in [0.05, 0.1) is 10.9 Å². The SMILES string of the molecule is CCn1c(C)c(/C=C/c2nc3ccccc3c(=O)n2C)c2ccccc21. The number of rotatable bonds is 3. The van der Waals surface area contributed by atoms with Crippen molar-refractivity contribution in [2.75, 3.05) is 0 Å². The Balaban J connectivity index is 1.89. The van der Waals surface area contributed by atoms with E-state index in [1.807, 2.05) is 30.3 Å². The minimum Gasteiger partial charge on any atom is -0.345 e. The molecule has 0 N–H and O–H groups in total. The first kappa shape index (κ1) is 16.3. The molecule has 4 aromatic rings. The van der Waals surface area contributed by atoms with Gasteiger partial charge in [-0.3, -0.25) is 9.36 Å². The van der Waals surface area contributed by atoms with Crippen molar-refractivity contribution in [2.45, 2.75) is 20.4 Å². The summed E-state index contributed by atoms with van der Waals surface area (Å²) in [7, 11) is 1.77. The minimum atomic E-state index is -0.0250. The molecule has 0 aliphatic heterocycles. The second-order valence-electron chi connectivity index (χ2n) is 6.45. The van der Waals surface area contributed by atoms with Gasteiger partial charge in [0.2, 0.25) is 0 Å². The number of hydrogen-bond acceptors (Lipinski definition) is 2. The van der Waals surface area contributed by atoms with Crippen molar-refractivity contribution in [1.82, 2.24) is 14.1 Å². The van der Waals surface area contributed by atoms with Crippen LogP contribution in [0.1, 0.15) is 24.0 Å². The summed E-state index contributed by atoms with van der Waals surface area (Å²) < 4.78 is 3.91. The smallest absolute Gasteiger partial charge is 0.261 e. The van der Waals surface area contributed by atoms with Crippen molar-refractivity contribution in [1.29, 1.82) is 0 Å². The maximum absolute atomic E-state index is 12.6. The lowest BCUT2D eigenvalue weighted by Crippen LogP contribution is -2.20. The monoisotopic (exact) mass is 343 g/mol. The lowest BCUT2D eigenvalue weighted by molar-refractivity contribution is 0.769. The van der Waals surface area contributed by atoms with E-state index in [1.165, 1.54) is 22.2 Å². The molecule has 2 aromatic carbocycles. The van der Waals surface area contributed by atoms with Crippen LogP contribution < -0.4 is 5.56 Å². The van der Waals surface area contributed by atoms with Crippen LogP contribution in [0.15, 0.2) is 53.3 Å². The average molecular weight is 343 g/mol. The molecule has 0 unspecified atom stereocenters. The Labute approximate surface area is 152 Å². The summed E-state index contributed by atoms with van der Waals surface area (Å²) in [6, 6.07) is 15.9. The third kappa shape index (κ3) is 2.46. The summed E-state index contributed by atoms with van der Waals surface area (Å²) in [5.74, 6) is 0.654. The van der Waals surface area contributed by atoms with Gasteiger partial charge in [0, 0.05) is 35.8 Å². The molecule has 0 atom stereocenters. The average Bonchev–Trinajstić information content (AvgIpc) is 2.94. The van der Waals surface area contributed by atoms with E-state index in [0.29, 0.717) is 11.2 Å². The first-order chi connectivity index (χ1) is 12.6. The van der Waals surface area contributed by atoms with Crippen LogP contribution in [0.2, 0.25) is 0 Å². The summed E-state index contributed by atoms with van der Waals surface area (Å²) in [4.78, 5) is 17.2. The molecule has 2 heterocycles. The Bertz CT molecular complexity index is 1210. The van der Waals surface area contributed by atoms with Crippen molar-refractivity contribution in [3.05, 3.63) is 76.0 Å². The molecule has 0 fully saturated rings. The van der Waals surface area contributed by atoms with Crippen molar-refractivity contribution in [3.63, 3.8) is 0 Å². The van der Waals surface area contributed by atoms with Crippen LogP contribution in [0, 0.1) is 6.92 Å². The Morgan fingerprint density at radius 2 is 1.69 bits per heavy atom. The highest BCUT2D eigenvalue weighted by Gasteiger charge is 2.11. The Kier molecular flexibility index (Phi) is 3.96. The van der Waals surface area contributed by atoms with Gasteiger partial charge in [-0.1, -0.05) is 30.3 Å². The van der Waals surface area contributed by atoms with Crippen molar-refractivity contribution in [3.8, 4) is 0 Å². The molecule has 2 aromatic heterocycles. The van der Waals surface area contributed by atoms with E-state index >= 15 is 0 Å². The van der Waals surface area contributed by atoms with Crippen LogP contribution >= 0.6 is 0 Å². The Morgan fingerprint density at radius 3 is 2.46 bits per heavy atom. The molecule has 4 heteroatoms. The van der Waals surface area contributed by atoms with Gasteiger partial charge in [-0.2, -0.15) is 0 Å². The molecular formula is C22H21N3O. The van der Waals surface area contributed by atoms with Crippen LogP contribution in [-0.2, 0) is 13.6 Å². The molecular weight excluding hydrogens is 322 g/mol. The number of benzene rings is 2. The van der Waals surface area contributed by atoms with Crippen molar-refractivity contribution < 1.29 is 0 Å². The molecule has 0 aliphatic rings. The highest BCUT2D eigenvalue weighted by molar-refractivity contribution is 5.93. The zero-order valence-corrected chi connectivity index (χ0v) is 15.2. The fourth-order valence-corrected chi connectivity index (χ4v) is 3.62. The van der Waals surface area contributed by atoms with Gasteiger partial charge in [0.15, 0.2) is 0 Å². The predicted molar refractivity (Wildman–Crippen MR) is 108 cm³/mol. The molecule has 0 amide bonds. The third-order valence-corrected chi connectivity index (χ3v) is 5.01. The van der Waals surface area contributed by atoms with E-state index in [1.54, 1.807) is 11.6 Å². The summed E-state index contributed by atoms with van der Waals surface area (Å²) in [5.41, 5.74) is 4.32. The maximum atomic E-state index is 12.6. The normalized spacial score (nSPS) is 11.8. The van der Waals surface area contributed by atoms with Crippen LogP contribution in [-0.4, -0.2) is 14.1 Å². The van der Waals surface area contributed by atoms with E-state index in [4.69, 9.17) is 0 Å². The molecule has 130 valence electrons. The quantitative estimate of drug-likeness (QED) is 0.553. The van der Waals surface area contributed by atoms with Crippen LogP contribution in [0.5, 0.6) is 0 Å². The van der Waals surface area contributed by atoms with Gasteiger partial charge in [0.25, 0.3) is 5.56 Å². The molecule has 0 spiro atoms. The maximum Gasteiger partial charge on any atom is 0.261 e. The molecule has 4 nitrogen and oxygen atoms in total. The number of nitrogens with zero attached hydrogens (tertiary/aromatic N) is 3. The largest absolute Gasteiger partial charge is 0.345 e. The predicted octanol–water partition coefficient (Wildman–Crippen LogP) is 4.39. The van der Waals surface area contributed by atoms with Crippen molar-refractivity contribution >= 4 is 34.0 Å². The Morgan fingerprint density at radius 1 is 1.00 bits per heavy atom. The van der Waals surface area contributed by atoms with Gasteiger partial charge in [-0.25, -0.2) is 4.98 Å². The number of para-hydroxylation sites is 2. The number of fused-ring (bicyclic) bond motifs is 2. The standard InChI is InChI=1S/C22H21N3O/c1-4-25-15(2)16(17-9-6-8-12-20(17)25)13-14-21-23-19-11-7-5-10-18(19)22(26)24(21)3/h5-14H,4H2,1-3H3/b14-13+. The fourth-order valence-electron chi connectivity index (χ4n) is 3.62. The zero-order chi connectivity index (χ0) is 18.3.